The maximum absolute atomic E-state index is 13.9. The molecule has 2 aromatic carbocycles. The number of hydrogen-bond donors (Lipinski definition) is 2. The van der Waals surface area contributed by atoms with Crippen LogP contribution < -0.4 is 11.1 Å². The summed E-state index contributed by atoms with van der Waals surface area (Å²) in [5, 5.41) is 3.98. The minimum absolute atomic E-state index is 0.320. The lowest BCUT2D eigenvalue weighted by atomic mass is 10.1. The molecule has 3 nitrogen and oxygen atoms in total. The second kappa shape index (κ2) is 5.09. The van der Waals surface area contributed by atoms with Gasteiger partial charge in [-0.05, 0) is 42.5 Å². The van der Waals surface area contributed by atoms with Crippen LogP contribution in [0.4, 0.5) is 21.5 Å². The molecule has 3 aromatic rings. The summed E-state index contributed by atoms with van der Waals surface area (Å²) < 4.78 is 14.6. The van der Waals surface area contributed by atoms with Crippen LogP contribution in [-0.4, -0.2) is 4.98 Å². The van der Waals surface area contributed by atoms with Gasteiger partial charge in [0.2, 0.25) is 0 Å². The van der Waals surface area contributed by atoms with E-state index in [4.69, 9.17) is 5.73 Å². The maximum atomic E-state index is 13.9. The van der Waals surface area contributed by atoms with Gasteiger partial charge >= 0.3 is 0 Å². The van der Waals surface area contributed by atoms with E-state index in [0.29, 0.717) is 15.8 Å². The molecular weight excluding hydrogens is 321 g/mol. The number of aromatic nitrogens is 1. The van der Waals surface area contributed by atoms with Gasteiger partial charge in [-0.1, -0.05) is 15.9 Å². The van der Waals surface area contributed by atoms with Crippen LogP contribution >= 0.6 is 15.9 Å². The average molecular weight is 332 g/mol. The monoisotopic (exact) mass is 331 g/mol. The molecule has 0 bridgehead atoms. The molecule has 0 atom stereocenters. The summed E-state index contributed by atoms with van der Waals surface area (Å²) >= 11 is 3.24. The van der Waals surface area contributed by atoms with Crippen molar-refractivity contribution in [1.29, 1.82) is 0 Å². The number of rotatable bonds is 2. The molecule has 5 heteroatoms. The lowest BCUT2D eigenvalue weighted by Gasteiger charge is -2.10. The maximum Gasteiger partial charge on any atom is 0.147 e. The molecule has 0 saturated heterocycles. The molecule has 0 saturated carbocycles. The van der Waals surface area contributed by atoms with Crippen LogP contribution in [0.5, 0.6) is 0 Å². The molecule has 0 unspecified atom stereocenters. The van der Waals surface area contributed by atoms with Crippen LogP contribution in [0.25, 0.3) is 10.9 Å². The number of nitrogens with zero attached hydrogens (tertiary/aromatic N) is 1. The number of pyridine rings is 1. The Morgan fingerprint density at radius 1 is 1.05 bits per heavy atom. The number of benzene rings is 2. The number of nitrogens with two attached hydrogens (primary N) is 1. The molecule has 3 N–H and O–H groups in total. The normalized spacial score (nSPS) is 10.7. The van der Waals surface area contributed by atoms with Gasteiger partial charge < -0.3 is 11.1 Å². The van der Waals surface area contributed by atoms with Crippen LogP contribution in [0.2, 0.25) is 0 Å². The molecule has 0 radical (unpaired) electrons. The first kappa shape index (κ1) is 12.9. The fourth-order valence-electron chi connectivity index (χ4n) is 2.01. The highest BCUT2D eigenvalue weighted by molar-refractivity contribution is 9.10. The minimum atomic E-state index is -0.320. The van der Waals surface area contributed by atoms with Crippen molar-refractivity contribution in [2.24, 2.45) is 0 Å². The summed E-state index contributed by atoms with van der Waals surface area (Å²) in [5.74, 6) is -0.320. The summed E-state index contributed by atoms with van der Waals surface area (Å²) in [6.45, 7) is 0. The van der Waals surface area contributed by atoms with Crippen molar-refractivity contribution in [1.82, 2.24) is 4.98 Å². The van der Waals surface area contributed by atoms with Gasteiger partial charge in [-0.2, -0.15) is 0 Å². The van der Waals surface area contributed by atoms with Gasteiger partial charge in [-0.15, -0.1) is 0 Å². The van der Waals surface area contributed by atoms with Gasteiger partial charge in [0.15, 0.2) is 0 Å². The third-order valence-electron chi connectivity index (χ3n) is 2.97. The lowest BCUT2D eigenvalue weighted by molar-refractivity contribution is 0.631. The Balaban J connectivity index is 2.06. The van der Waals surface area contributed by atoms with Crippen LogP contribution in [0.1, 0.15) is 0 Å². The summed E-state index contributed by atoms with van der Waals surface area (Å²) in [7, 11) is 0. The first-order valence-electron chi connectivity index (χ1n) is 6.00. The minimum Gasteiger partial charge on any atom is -0.399 e. The average Bonchev–Trinajstić information content (AvgIpc) is 2.41. The molecule has 0 aliphatic carbocycles. The highest BCUT2D eigenvalue weighted by Crippen LogP contribution is 2.28. The van der Waals surface area contributed by atoms with Gasteiger partial charge in [-0.25, -0.2) is 4.39 Å². The molecule has 100 valence electrons. The quantitative estimate of drug-likeness (QED) is 0.681. The van der Waals surface area contributed by atoms with Gasteiger partial charge in [0, 0.05) is 27.4 Å². The molecule has 3 rings (SSSR count). The van der Waals surface area contributed by atoms with Crippen molar-refractivity contribution in [3.8, 4) is 0 Å². The Bertz CT molecular complexity index is 789. The third kappa shape index (κ3) is 2.44. The van der Waals surface area contributed by atoms with E-state index < -0.39 is 0 Å². The van der Waals surface area contributed by atoms with Gasteiger partial charge in [-0.3, -0.25) is 4.98 Å². The van der Waals surface area contributed by atoms with Crippen molar-refractivity contribution >= 4 is 43.9 Å². The fourth-order valence-corrected chi connectivity index (χ4v) is 2.34. The van der Waals surface area contributed by atoms with Crippen molar-refractivity contribution in [3.05, 3.63) is 59.0 Å². The molecule has 0 amide bonds. The van der Waals surface area contributed by atoms with Crippen LogP contribution in [0, 0.1) is 5.82 Å². The first-order chi connectivity index (χ1) is 9.63. The molecule has 0 aliphatic rings. The van der Waals surface area contributed by atoms with Crippen molar-refractivity contribution in [2.45, 2.75) is 0 Å². The fraction of sp³-hybridized carbons (Fsp3) is 0. The lowest BCUT2D eigenvalue weighted by Crippen LogP contribution is -1.96. The van der Waals surface area contributed by atoms with E-state index in [1.165, 1.54) is 6.07 Å². The first-order valence-corrected chi connectivity index (χ1v) is 6.79. The molecule has 0 aliphatic heterocycles. The van der Waals surface area contributed by atoms with Crippen LogP contribution in [0.15, 0.2) is 53.1 Å². The van der Waals surface area contributed by atoms with Crippen LogP contribution in [0.3, 0.4) is 0 Å². The van der Waals surface area contributed by atoms with Crippen molar-refractivity contribution in [3.63, 3.8) is 0 Å². The number of anilines is 3. The van der Waals surface area contributed by atoms with Crippen LogP contribution in [-0.2, 0) is 0 Å². The zero-order chi connectivity index (χ0) is 14.1. The number of nitrogens with one attached hydrogen (secondary N) is 1. The molecule has 0 fully saturated rings. The van der Waals surface area contributed by atoms with E-state index in [2.05, 4.69) is 26.2 Å². The molecule has 1 heterocycles. The Morgan fingerprint density at radius 2 is 1.90 bits per heavy atom. The predicted molar refractivity (Wildman–Crippen MR) is 83.5 cm³/mol. The van der Waals surface area contributed by atoms with E-state index in [-0.39, 0.29) is 5.82 Å². The summed E-state index contributed by atoms with van der Waals surface area (Å²) in [4.78, 5) is 4.26. The highest BCUT2D eigenvalue weighted by Gasteiger charge is 2.06. The van der Waals surface area contributed by atoms with E-state index >= 15 is 0 Å². The van der Waals surface area contributed by atoms with Gasteiger partial charge in [0.05, 0.1) is 11.2 Å². The predicted octanol–water partition coefficient (Wildman–Crippen LogP) is 4.46. The molecule has 1 aromatic heterocycles. The summed E-state index contributed by atoms with van der Waals surface area (Å²) in [6, 6.07) is 12.2. The molecule has 20 heavy (non-hydrogen) atoms. The zero-order valence-corrected chi connectivity index (χ0v) is 12.0. The summed E-state index contributed by atoms with van der Waals surface area (Å²) in [6.07, 6.45) is 1.67. The number of halogens is 2. The van der Waals surface area contributed by atoms with Crippen molar-refractivity contribution in [2.75, 3.05) is 11.1 Å². The highest BCUT2D eigenvalue weighted by atomic mass is 79.9. The topological polar surface area (TPSA) is 50.9 Å². The molecule has 0 spiro atoms. The number of nitrogen functional groups attached to an aromatic ring is 1. The number of hydrogen-bond acceptors (Lipinski definition) is 3. The second-order valence-corrected chi connectivity index (χ2v) is 5.30. The Morgan fingerprint density at radius 3 is 2.70 bits per heavy atom. The van der Waals surface area contributed by atoms with E-state index in [1.807, 2.05) is 6.07 Å². The zero-order valence-electron chi connectivity index (χ0n) is 10.4. The number of fused-ring (bicyclic) bond motifs is 1. The Kier molecular flexibility index (Phi) is 3.28. The SMILES string of the molecule is Nc1ccc2c(Nc3ccc(Br)cc3F)ccnc2c1. The molecular formula is C15H11BrFN3. The third-order valence-corrected chi connectivity index (χ3v) is 3.46. The van der Waals surface area contributed by atoms with E-state index in [1.54, 1.807) is 36.5 Å². The Labute approximate surface area is 123 Å². The largest absolute Gasteiger partial charge is 0.399 e. The van der Waals surface area contributed by atoms with E-state index in [9.17, 15) is 4.39 Å². The van der Waals surface area contributed by atoms with E-state index in [0.717, 1.165) is 16.6 Å². The standard InChI is InChI=1S/C15H11BrFN3/c16-9-1-4-14(12(17)7-9)20-13-5-6-19-15-8-10(18)2-3-11(13)15/h1-8H,18H2,(H,19,20). The van der Waals surface area contributed by atoms with Gasteiger partial charge in [0.1, 0.15) is 5.82 Å². The summed E-state index contributed by atoms with van der Waals surface area (Å²) in [5.41, 5.74) is 8.37. The smallest absolute Gasteiger partial charge is 0.147 e. The van der Waals surface area contributed by atoms with Crippen molar-refractivity contribution < 1.29 is 4.39 Å². The van der Waals surface area contributed by atoms with Gasteiger partial charge in [0.25, 0.3) is 0 Å². The Hall–Kier alpha value is -2.14. The second-order valence-electron chi connectivity index (χ2n) is 4.38.